The minimum atomic E-state index is -4.48. The van der Waals surface area contributed by atoms with Gasteiger partial charge in [-0.15, -0.1) is 0 Å². The van der Waals surface area contributed by atoms with E-state index in [1.54, 1.807) is 0 Å². The molecule has 0 N–H and O–H groups in total. The summed E-state index contributed by atoms with van der Waals surface area (Å²) in [4.78, 5) is 0. The monoisotopic (exact) mass is 758 g/mol. The molecule has 0 amide bonds. The molecule has 2 unspecified atom stereocenters. The molecule has 3 aliphatic rings. The molecule has 3 heterocycles. The summed E-state index contributed by atoms with van der Waals surface area (Å²) in [5, 5.41) is 2.76. The van der Waals surface area contributed by atoms with E-state index in [9.17, 15) is 0 Å². The molecule has 236 valence electrons. The second-order valence-electron chi connectivity index (χ2n) is 13.8. The Hall–Kier alpha value is -3.40. The third-order valence-electron chi connectivity index (χ3n) is 10.6. The van der Waals surface area contributed by atoms with Crippen LogP contribution in [0.2, 0.25) is 13.1 Å². The molecule has 0 saturated heterocycles. The Labute approximate surface area is 294 Å². The van der Waals surface area contributed by atoms with Crippen molar-refractivity contribution in [1.82, 2.24) is 0 Å². The first kappa shape index (κ1) is 30.6. The first-order valence-electron chi connectivity index (χ1n) is 16.6. The van der Waals surface area contributed by atoms with Crippen molar-refractivity contribution in [3.05, 3.63) is 167 Å². The summed E-state index contributed by atoms with van der Waals surface area (Å²) in [7, 11) is 14.0. The third kappa shape index (κ3) is 4.32. The van der Waals surface area contributed by atoms with Gasteiger partial charge >= 0.3 is 296 Å². The Balaban J connectivity index is 1.47. The first-order chi connectivity index (χ1) is 23.2. The molecule has 2 atom stereocenters. The van der Waals surface area contributed by atoms with Gasteiger partial charge in [-0.2, -0.15) is 0 Å². The molecular formula is C42H34Cl2O2SiZr. The van der Waals surface area contributed by atoms with Crippen LogP contribution in [0.4, 0.5) is 0 Å². The molecule has 0 fully saturated rings. The summed E-state index contributed by atoms with van der Waals surface area (Å²) < 4.78 is 12.9. The van der Waals surface area contributed by atoms with Crippen LogP contribution in [-0.2, 0) is 17.9 Å². The van der Waals surface area contributed by atoms with E-state index < -0.39 is 26.0 Å². The summed E-state index contributed by atoms with van der Waals surface area (Å²) in [6.45, 7) is 9.09. The average molecular weight is 761 g/mol. The van der Waals surface area contributed by atoms with Crippen LogP contribution in [0, 0.1) is 13.8 Å². The number of aryl methyl sites for hydroxylation is 2. The van der Waals surface area contributed by atoms with Crippen LogP contribution in [0.1, 0.15) is 52.5 Å². The third-order valence-corrected chi connectivity index (χ3v) is 26.1. The van der Waals surface area contributed by atoms with Gasteiger partial charge in [0.15, 0.2) is 0 Å². The molecule has 4 aromatic carbocycles. The molecule has 4 bridgehead atoms. The standard InChI is InChI=1S/C42H34O2Si.2ClH.Zr/c1-27-21-23-37(43-27)35-25-31-17-11-19-33(29-13-7-5-8-14-29)39(31)41(35)45(3,4)42-36(38-24-22-28(2)44-38)26-32-18-12-20-34(40(32)42)30-15-9-6-10-16-30;;;/h5-26H,1-4H3;2*1H;/q;;;+2/p-2. The maximum atomic E-state index is 8.32. The summed E-state index contributed by atoms with van der Waals surface area (Å²) in [5.74, 6) is 3.57. The Morgan fingerprint density at radius 2 is 0.938 bits per heavy atom. The molecular weight excluding hydrogens is 727 g/mol. The van der Waals surface area contributed by atoms with Crippen LogP contribution >= 0.6 is 17.0 Å². The van der Waals surface area contributed by atoms with Crippen LogP contribution < -0.4 is 0 Å². The number of benzene rings is 4. The van der Waals surface area contributed by atoms with Crippen molar-refractivity contribution in [1.29, 1.82) is 0 Å². The number of halogens is 2. The molecule has 0 saturated carbocycles. The molecule has 2 nitrogen and oxygen atoms in total. The van der Waals surface area contributed by atoms with E-state index in [1.165, 1.54) is 66.0 Å². The van der Waals surface area contributed by atoms with E-state index in [0.717, 1.165) is 23.0 Å². The average Bonchev–Trinajstić information content (AvgIpc) is 3.87. The van der Waals surface area contributed by atoms with Gasteiger partial charge in [-0.3, -0.25) is 0 Å². The van der Waals surface area contributed by atoms with Crippen molar-refractivity contribution in [2.24, 2.45) is 0 Å². The Kier molecular flexibility index (Phi) is 7.06. The van der Waals surface area contributed by atoms with E-state index >= 15 is 0 Å². The second kappa shape index (κ2) is 11.1. The van der Waals surface area contributed by atoms with E-state index in [2.05, 4.69) is 134 Å². The van der Waals surface area contributed by atoms with Gasteiger partial charge in [0.25, 0.3) is 0 Å². The molecule has 1 aliphatic heterocycles. The van der Waals surface area contributed by atoms with E-state index in [1.807, 2.05) is 13.8 Å². The predicted molar refractivity (Wildman–Crippen MR) is 199 cm³/mol. The molecule has 6 aromatic rings. The van der Waals surface area contributed by atoms with Crippen molar-refractivity contribution in [3.8, 4) is 22.3 Å². The van der Waals surface area contributed by atoms with E-state index in [4.69, 9.17) is 25.9 Å². The molecule has 9 rings (SSSR count). The molecule has 48 heavy (non-hydrogen) atoms. The van der Waals surface area contributed by atoms with Gasteiger partial charge in [0.2, 0.25) is 0 Å². The van der Waals surface area contributed by atoms with Crippen LogP contribution in [0.3, 0.4) is 0 Å². The molecule has 0 radical (unpaired) electrons. The fraction of sp³-hybridized carbons (Fsp3) is 0.143. The second-order valence-corrected chi connectivity index (χ2v) is 32.8. The van der Waals surface area contributed by atoms with Gasteiger partial charge in [-0.1, -0.05) is 0 Å². The normalized spacial score (nSPS) is 20.0. The van der Waals surface area contributed by atoms with Crippen molar-refractivity contribution in [3.63, 3.8) is 0 Å². The van der Waals surface area contributed by atoms with Crippen LogP contribution in [0.15, 0.2) is 130 Å². The summed E-state index contributed by atoms with van der Waals surface area (Å²) in [6, 6.07) is 43.5. The zero-order valence-corrected chi connectivity index (χ0v) is 32.2. The van der Waals surface area contributed by atoms with E-state index in [0.29, 0.717) is 0 Å². The minimum absolute atomic E-state index is 0.141. The number of hydrogen-bond donors (Lipinski definition) is 0. The van der Waals surface area contributed by atoms with Crippen molar-refractivity contribution in [2.45, 2.75) is 34.2 Å². The topological polar surface area (TPSA) is 26.3 Å². The number of hydrogen-bond acceptors (Lipinski definition) is 2. The van der Waals surface area contributed by atoms with Gasteiger partial charge in [0, 0.05) is 0 Å². The number of allylic oxidation sites excluding steroid dienone is 2. The van der Waals surface area contributed by atoms with Gasteiger partial charge in [-0.05, 0) is 0 Å². The maximum absolute atomic E-state index is 8.32. The van der Waals surface area contributed by atoms with Crippen LogP contribution in [0.5, 0.6) is 0 Å². The fourth-order valence-corrected chi connectivity index (χ4v) is 26.2. The first-order valence-corrected chi connectivity index (χ1v) is 28.7. The van der Waals surface area contributed by atoms with E-state index in [-0.39, 0.29) is 7.25 Å². The van der Waals surface area contributed by atoms with Crippen molar-refractivity contribution >= 4 is 46.6 Å². The summed E-state index contributed by atoms with van der Waals surface area (Å²) in [5.41, 5.74) is 12.4. The van der Waals surface area contributed by atoms with Gasteiger partial charge in [-0.25, -0.2) is 0 Å². The zero-order valence-electron chi connectivity index (χ0n) is 27.3. The molecule has 2 aromatic heterocycles. The Bertz CT molecular complexity index is 2170. The quantitative estimate of drug-likeness (QED) is 0.167. The molecule has 6 heteroatoms. The van der Waals surface area contributed by atoms with Crippen LogP contribution in [-0.4, -0.2) is 8.07 Å². The fourth-order valence-electron chi connectivity index (χ4n) is 8.84. The van der Waals surface area contributed by atoms with Gasteiger partial charge < -0.3 is 0 Å². The van der Waals surface area contributed by atoms with Gasteiger partial charge in [0.1, 0.15) is 0 Å². The zero-order chi connectivity index (χ0) is 32.9. The van der Waals surface area contributed by atoms with Crippen molar-refractivity contribution in [2.75, 3.05) is 0 Å². The number of furan rings is 2. The summed E-state index contributed by atoms with van der Waals surface area (Å²) in [6.07, 6.45) is 0. The SMILES string of the molecule is Cc1ccc(C2=C3c4c(-c5ccccc5)cccc4[CH]2[Zr]([Cl])([Cl])[CH]2C(c4ccc(C)o4)=C(c4c(-c5ccccc5)cccc42)[Si]3(C)C)o1. The predicted octanol–water partition coefficient (Wildman–Crippen LogP) is 12.7. The molecule has 2 aliphatic carbocycles. The number of rotatable bonds is 4. The Morgan fingerprint density at radius 3 is 1.31 bits per heavy atom. The van der Waals surface area contributed by atoms with Gasteiger partial charge in [0.05, 0.1) is 0 Å². The number of fused-ring (bicyclic) bond motifs is 8. The summed E-state index contributed by atoms with van der Waals surface area (Å²) >= 11 is -4.48. The molecule has 0 spiro atoms. The van der Waals surface area contributed by atoms with Crippen molar-refractivity contribution < 1.29 is 26.7 Å². The Morgan fingerprint density at radius 1 is 0.521 bits per heavy atom. The van der Waals surface area contributed by atoms with Crippen LogP contribution in [0.25, 0.3) is 43.8 Å².